The van der Waals surface area contributed by atoms with Crippen LogP contribution >= 0.6 is 0 Å². The number of ether oxygens (including phenoxy) is 2. The molecule has 2 aromatic rings. The molecule has 3 heterocycles. The Hall–Kier alpha value is -3.00. The number of carbonyl (C=O) groups excluding carboxylic acids is 1. The largest absolute Gasteiger partial charge is 0.444 e. The molecular weight excluding hydrogens is 406 g/mol. The second-order valence-corrected chi connectivity index (χ2v) is 9.29. The molecule has 2 aliphatic heterocycles. The number of fused-ring (bicyclic) bond motifs is 1. The topological polar surface area (TPSA) is 93.0 Å². The Morgan fingerprint density at radius 2 is 2.03 bits per heavy atom. The van der Waals surface area contributed by atoms with Crippen LogP contribution in [0.3, 0.4) is 0 Å². The fourth-order valence-electron chi connectivity index (χ4n) is 4.06. The summed E-state index contributed by atoms with van der Waals surface area (Å²) in [7, 11) is 0. The first-order chi connectivity index (χ1) is 15.3. The van der Waals surface area contributed by atoms with Crippen LogP contribution in [0.25, 0.3) is 0 Å². The first-order valence-electron chi connectivity index (χ1n) is 11.2. The number of rotatable bonds is 4. The van der Waals surface area contributed by atoms with E-state index in [4.69, 9.17) is 15.2 Å². The number of carbonyl (C=O) groups is 1. The SMILES string of the molecule is CC(C)(C)OC(=O)N1CCc2cccc(CNc3cc(N4CCOCC4)ncc3N)c2C1. The van der Waals surface area contributed by atoms with Crippen LogP contribution in [0.5, 0.6) is 0 Å². The highest BCUT2D eigenvalue weighted by Crippen LogP contribution is 2.27. The van der Waals surface area contributed by atoms with Gasteiger partial charge in [-0.05, 0) is 43.9 Å². The van der Waals surface area contributed by atoms with E-state index in [9.17, 15) is 4.79 Å². The average molecular weight is 440 g/mol. The molecule has 8 nitrogen and oxygen atoms in total. The van der Waals surface area contributed by atoms with E-state index in [-0.39, 0.29) is 6.09 Å². The van der Waals surface area contributed by atoms with Crippen LogP contribution in [-0.2, 0) is 29.0 Å². The minimum Gasteiger partial charge on any atom is -0.444 e. The van der Waals surface area contributed by atoms with E-state index >= 15 is 0 Å². The van der Waals surface area contributed by atoms with Crippen LogP contribution in [0.15, 0.2) is 30.5 Å². The fraction of sp³-hybridized carbons (Fsp3) is 0.500. The molecule has 0 spiro atoms. The molecule has 0 unspecified atom stereocenters. The summed E-state index contributed by atoms with van der Waals surface area (Å²) >= 11 is 0. The number of nitrogens with two attached hydrogens (primary N) is 1. The van der Waals surface area contributed by atoms with Gasteiger partial charge in [0.1, 0.15) is 11.4 Å². The lowest BCUT2D eigenvalue weighted by atomic mass is 9.95. The third kappa shape index (κ3) is 5.24. The number of pyridine rings is 1. The number of aromatic nitrogens is 1. The number of nitrogen functional groups attached to an aromatic ring is 1. The lowest BCUT2D eigenvalue weighted by Crippen LogP contribution is -2.40. The Balaban J connectivity index is 1.48. The Kier molecular flexibility index (Phi) is 6.41. The van der Waals surface area contributed by atoms with E-state index in [1.165, 1.54) is 11.1 Å². The number of benzene rings is 1. The van der Waals surface area contributed by atoms with Crippen LogP contribution in [-0.4, -0.2) is 54.4 Å². The maximum atomic E-state index is 12.6. The van der Waals surface area contributed by atoms with Gasteiger partial charge in [-0.1, -0.05) is 18.2 Å². The zero-order valence-corrected chi connectivity index (χ0v) is 19.2. The van der Waals surface area contributed by atoms with Crippen molar-refractivity contribution in [1.82, 2.24) is 9.88 Å². The quantitative estimate of drug-likeness (QED) is 0.754. The van der Waals surface area contributed by atoms with E-state index in [0.717, 1.165) is 36.6 Å². The zero-order chi connectivity index (χ0) is 22.7. The van der Waals surface area contributed by atoms with Crippen molar-refractivity contribution in [2.45, 2.75) is 45.9 Å². The van der Waals surface area contributed by atoms with Gasteiger partial charge < -0.3 is 30.3 Å². The number of amides is 1. The summed E-state index contributed by atoms with van der Waals surface area (Å²) in [5.74, 6) is 0.899. The maximum absolute atomic E-state index is 12.6. The molecule has 0 bridgehead atoms. The van der Waals surface area contributed by atoms with Crippen molar-refractivity contribution >= 4 is 23.3 Å². The predicted molar refractivity (Wildman–Crippen MR) is 126 cm³/mol. The summed E-state index contributed by atoms with van der Waals surface area (Å²) in [5.41, 5.74) is 10.8. The Morgan fingerprint density at radius 3 is 2.78 bits per heavy atom. The molecule has 0 aliphatic carbocycles. The number of morpholine rings is 1. The van der Waals surface area contributed by atoms with Gasteiger partial charge in [-0.3, -0.25) is 0 Å². The normalized spacial score (nSPS) is 16.5. The number of nitrogens with zero attached hydrogens (tertiary/aromatic N) is 3. The maximum Gasteiger partial charge on any atom is 0.410 e. The van der Waals surface area contributed by atoms with Gasteiger partial charge in [-0.2, -0.15) is 0 Å². The molecule has 3 N–H and O–H groups in total. The molecule has 1 amide bonds. The van der Waals surface area contributed by atoms with E-state index in [1.54, 1.807) is 11.1 Å². The Morgan fingerprint density at radius 1 is 1.25 bits per heavy atom. The first kappa shape index (κ1) is 22.2. The Bertz CT molecular complexity index is 967. The second kappa shape index (κ2) is 9.24. The first-order valence-corrected chi connectivity index (χ1v) is 11.2. The average Bonchev–Trinajstić information content (AvgIpc) is 2.77. The molecule has 1 saturated heterocycles. The molecule has 0 radical (unpaired) electrons. The lowest BCUT2D eigenvalue weighted by molar-refractivity contribution is 0.0223. The highest BCUT2D eigenvalue weighted by molar-refractivity contribution is 5.70. The van der Waals surface area contributed by atoms with Crippen LogP contribution < -0.4 is 16.0 Å². The smallest absolute Gasteiger partial charge is 0.410 e. The molecular formula is C24H33N5O3. The molecule has 8 heteroatoms. The third-order valence-electron chi connectivity index (χ3n) is 5.75. The second-order valence-electron chi connectivity index (χ2n) is 9.29. The van der Waals surface area contributed by atoms with Gasteiger partial charge >= 0.3 is 6.09 Å². The highest BCUT2D eigenvalue weighted by atomic mass is 16.6. The van der Waals surface area contributed by atoms with Crippen LogP contribution in [0.1, 0.15) is 37.5 Å². The summed E-state index contributed by atoms with van der Waals surface area (Å²) in [5, 5.41) is 3.48. The fourth-order valence-corrected chi connectivity index (χ4v) is 4.06. The van der Waals surface area contributed by atoms with E-state index in [0.29, 0.717) is 38.5 Å². The standard InChI is InChI=1S/C24H33N5O3/c1-24(2,3)32-23(30)29-8-7-17-5-4-6-18(19(17)16-29)14-26-21-13-22(27-15-20(21)25)28-9-11-31-12-10-28/h4-6,13,15H,7-12,14,16,25H2,1-3H3,(H,26,27). The van der Waals surface area contributed by atoms with E-state index < -0.39 is 5.60 Å². The van der Waals surface area contributed by atoms with Crippen molar-refractivity contribution in [3.8, 4) is 0 Å². The number of hydrogen-bond donors (Lipinski definition) is 2. The molecule has 172 valence electrons. The summed E-state index contributed by atoms with van der Waals surface area (Å²) in [4.78, 5) is 21.1. The predicted octanol–water partition coefficient (Wildman–Crippen LogP) is 3.41. The van der Waals surface area contributed by atoms with Crippen molar-refractivity contribution in [2.24, 2.45) is 0 Å². The van der Waals surface area contributed by atoms with Gasteiger partial charge in [-0.15, -0.1) is 0 Å². The van der Waals surface area contributed by atoms with Crippen LogP contribution in [0.2, 0.25) is 0 Å². The molecule has 4 rings (SSSR count). The van der Waals surface area contributed by atoms with Gasteiger partial charge in [0.25, 0.3) is 0 Å². The number of anilines is 3. The molecule has 1 fully saturated rings. The molecule has 0 atom stereocenters. The minimum absolute atomic E-state index is 0.264. The van der Waals surface area contributed by atoms with Gasteiger partial charge in [-0.25, -0.2) is 9.78 Å². The third-order valence-corrected chi connectivity index (χ3v) is 5.75. The van der Waals surface area contributed by atoms with Crippen LogP contribution in [0.4, 0.5) is 22.0 Å². The Labute approximate surface area is 189 Å². The minimum atomic E-state index is -0.504. The number of nitrogens with one attached hydrogen (secondary N) is 1. The summed E-state index contributed by atoms with van der Waals surface area (Å²) in [6.07, 6.45) is 2.26. The van der Waals surface area contributed by atoms with E-state index in [1.807, 2.05) is 26.8 Å². The van der Waals surface area contributed by atoms with Gasteiger partial charge in [0.05, 0.1) is 30.8 Å². The number of hydrogen-bond acceptors (Lipinski definition) is 7. The van der Waals surface area contributed by atoms with Crippen molar-refractivity contribution in [3.63, 3.8) is 0 Å². The highest BCUT2D eigenvalue weighted by Gasteiger charge is 2.26. The van der Waals surface area contributed by atoms with E-state index in [2.05, 4.69) is 33.4 Å². The summed E-state index contributed by atoms with van der Waals surface area (Å²) < 4.78 is 11.0. The van der Waals surface area contributed by atoms with Crippen molar-refractivity contribution in [3.05, 3.63) is 47.2 Å². The monoisotopic (exact) mass is 439 g/mol. The molecule has 0 saturated carbocycles. The molecule has 1 aromatic heterocycles. The molecule has 32 heavy (non-hydrogen) atoms. The summed E-state index contributed by atoms with van der Waals surface area (Å²) in [6.45, 7) is 10.6. The molecule has 1 aromatic carbocycles. The van der Waals surface area contributed by atoms with Crippen molar-refractivity contribution in [2.75, 3.05) is 48.8 Å². The zero-order valence-electron chi connectivity index (χ0n) is 19.2. The summed E-state index contributed by atoms with van der Waals surface area (Å²) in [6, 6.07) is 8.32. The van der Waals surface area contributed by atoms with Crippen molar-refractivity contribution < 1.29 is 14.3 Å². The van der Waals surface area contributed by atoms with Gasteiger partial charge in [0.15, 0.2) is 0 Å². The molecule has 2 aliphatic rings. The van der Waals surface area contributed by atoms with Crippen molar-refractivity contribution in [1.29, 1.82) is 0 Å². The van der Waals surface area contributed by atoms with Gasteiger partial charge in [0, 0.05) is 38.8 Å². The van der Waals surface area contributed by atoms with Gasteiger partial charge in [0.2, 0.25) is 0 Å². The lowest BCUT2D eigenvalue weighted by Gasteiger charge is -2.32. The van der Waals surface area contributed by atoms with Crippen LogP contribution in [0, 0.1) is 0 Å².